The van der Waals surface area contributed by atoms with Crippen LogP contribution in [0.25, 0.3) is 0 Å². The van der Waals surface area contributed by atoms with Crippen molar-refractivity contribution in [2.75, 3.05) is 21.3 Å². The van der Waals surface area contributed by atoms with E-state index >= 15 is 0 Å². The fourth-order valence-corrected chi connectivity index (χ4v) is 4.02. The molecular weight excluding hydrogens is 356 g/mol. The molecule has 0 bridgehead atoms. The molecule has 0 saturated heterocycles. The molecule has 1 atom stereocenters. The Bertz CT molecular complexity index is 670. The van der Waals surface area contributed by atoms with E-state index in [2.05, 4.69) is 33.8 Å². The van der Waals surface area contributed by atoms with Gasteiger partial charge in [0.2, 0.25) is 11.5 Å². The van der Waals surface area contributed by atoms with Crippen molar-refractivity contribution in [2.24, 2.45) is 0 Å². The molecule has 0 spiro atoms. The lowest BCUT2D eigenvalue weighted by Gasteiger charge is -2.35. The van der Waals surface area contributed by atoms with Gasteiger partial charge in [0.25, 0.3) is 0 Å². The summed E-state index contributed by atoms with van der Waals surface area (Å²) in [6.45, 7) is 10.3. The molecule has 0 aliphatic heterocycles. The van der Waals surface area contributed by atoms with Gasteiger partial charge in [-0.05, 0) is 46.0 Å². The summed E-state index contributed by atoms with van der Waals surface area (Å²) in [6.07, 6.45) is 6.71. The summed E-state index contributed by atoms with van der Waals surface area (Å²) < 4.78 is 16.1. The summed E-state index contributed by atoms with van der Waals surface area (Å²) in [5.74, 6) is 0.412. The van der Waals surface area contributed by atoms with Gasteiger partial charge in [-0.25, -0.2) is 0 Å². The Hall–Kier alpha value is -1.88. The van der Waals surface area contributed by atoms with Crippen molar-refractivity contribution < 1.29 is 24.4 Å². The Labute approximate surface area is 170 Å². The summed E-state index contributed by atoms with van der Waals surface area (Å²) in [6, 6.07) is 0. The topological polar surface area (TPSA) is 68.2 Å². The summed E-state index contributed by atoms with van der Waals surface area (Å²) in [4.78, 5) is 0. The number of benzene rings is 1. The highest BCUT2D eigenvalue weighted by atomic mass is 16.5. The molecule has 0 aromatic heterocycles. The first kappa shape index (κ1) is 24.2. The highest BCUT2D eigenvalue weighted by Gasteiger charge is 2.36. The van der Waals surface area contributed by atoms with E-state index in [-0.39, 0.29) is 34.5 Å². The van der Waals surface area contributed by atoms with Crippen LogP contribution in [-0.4, -0.2) is 37.6 Å². The zero-order valence-corrected chi connectivity index (χ0v) is 18.8. The van der Waals surface area contributed by atoms with Crippen molar-refractivity contribution in [1.29, 1.82) is 0 Å². The zero-order valence-electron chi connectivity index (χ0n) is 18.8. The molecule has 0 aliphatic rings. The monoisotopic (exact) mass is 394 g/mol. The third-order valence-electron chi connectivity index (χ3n) is 6.08. The van der Waals surface area contributed by atoms with Gasteiger partial charge in [-0.15, -0.1) is 0 Å². The van der Waals surface area contributed by atoms with E-state index < -0.39 is 0 Å². The van der Waals surface area contributed by atoms with Crippen LogP contribution in [0.1, 0.15) is 70.9 Å². The van der Waals surface area contributed by atoms with Crippen LogP contribution in [0.3, 0.4) is 0 Å². The van der Waals surface area contributed by atoms with Crippen LogP contribution in [0.2, 0.25) is 0 Å². The molecule has 0 saturated carbocycles. The molecule has 0 amide bonds. The maximum absolute atomic E-state index is 11.0. The van der Waals surface area contributed by atoms with Gasteiger partial charge < -0.3 is 24.4 Å². The van der Waals surface area contributed by atoms with Gasteiger partial charge in [-0.2, -0.15) is 0 Å². The maximum Gasteiger partial charge on any atom is 0.207 e. The number of hydrogen-bond acceptors (Lipinski definition) is 5. The lowest BCUT2D eigenvalue weighted by atomic mass is 9.70. The van der Waals surface area contributed by atoms with Gasteiger partial charge in [0.1, 0.15) is 0 Å². The van der Waals surface area contributed by atoms with Gasteiger partial charge >= 0.3 is 0 Å². The van der Waals surface area contributed by atoms with E-state index in [1.165, 1.54) is 19.8 Å². The molecule has 1 aromatic rings. The lowest BCUT2D eigenvalue weighted by molar-refractivity contribution is 0.0997. The minimum Gasteiger partial charge on any atom is -0.504 e. The highest BCUT2D eigenvalue weighted by molar-refractivity contribution is 5.67. The van der Waals surface area contributed by atoms with E-state index in [4.69, 9.17) is 14.2 Å². The lowest BCUT2D eigenvalue weighted by Crippen LogP contribution is -2.25. The Morgan fingerprint density at radius 2 is 1.54 bits per heavy atom. The van der Waals surface area contributed by atoms with E-state index in [0.717, 1.165) is 37.7 Å². The molecule has 160 valence electrons. The van der Waals surface area contributed by atoms with Crippen LogP contribution in [0, 0.1) is 6.92 Å². The molecule has 2 N–H and O–H groups in total. The van der Waals surface area contributed by atoms with Crippen molar-refractivity contribution in [2.45, 2.75) is 78.2 Å². The first-order valence-electron chi connectivity index (χ1n) is 10.1. The van der Waals surface area contributed by atoms with Gasteiger partial charge in [-0.3, -0.25) is 0 Å². The van der Waals surface area contributed by atoms with Crippen molar-refractivity contribution >= 4 is 0 Å². The molecule has 28 heavy (non-hydrogen) atoms. The zero-order chi connectivity index (χ0) is 21.5. The van der Waals surface area contributed by atoms with E-state index in [9.17, 15) is 10.2 Å². The second-order valence-corrected chi connectivity index (χ2v) is 7.48. The number of rotatable bonds is 11. The van der Waals surface area contributed by atoms with Crippen LogP contribution < -0.4 is 9.47 Å². The molecule has 0 fully saturated rings. The normalized spacial score (nSPS) is 13.5. The number of ether oxygens (including phenoxy) is 3. The number of hydrogen-bond donors (Lipinski definition) is 2. The molecule has 1 unspecified atom stereocenters. The van der Waals surface area contributed by atoms with Gasteiger partial charge in [0, 0.05) is 23.7 Å². The minimum absolute atomic E-state index is 0.0181. The molecule has 5 heteroatoms. The number of phenols is 2. The predicted molar refractivity (Wildman–Crippen MR) is 114 cm³/mol. The fraction of sp³-hybridized carbons (Fsp3) is 0.652. The molecule has 0 radical (unpaired) electrons. The smallest absolute Gasteiger partial charge is 0.207 e. The molecule has 0 aliphatic carbocycles. The first-order valence-corrected chi connectivity index (χ1v) is 10.1. The summed E-state index contributed by atoms with van der Waals surface area (Å²) in [5.41, 5.74) is 2.31. The van der Waals surface area contributed by atoms with Gasteiger partial charge in [0.15, 0.2) is 11.5 Å². The van der Waals surface area contributed by atoms with Gasteiger partial charge in [0.05, 0.1) is 20.3 Å². The quantitative estimate of drug-likeness (QED) is 0.376. The summed E-state index contributed by atoms with van der Waals surface area (Å²) in [5, 5.41) is 21.7. The van der Waals surface area contributed by atoms with Gasteiger partial charge in [-0.1, -0.05) is 32.4 Å². The number of phenolic OH excluding ortho intramolecular Hbond substituents is 2. The summed E-state index contributed by atoms with van der Waals surface area (Å²) in [7, 11) is 4.67. The van der Waals surface area contributed by atoms with Crippen LogP contribution in [-0.2, 0) is 10.2 Å². The molecule has 5 nitrogen and oxygen atoms in total. The average Bonchev–Trinajstić information content (AvgIpc) is 2.71. The Kier molecular flexibility index (Phi) is 9.15. The SMILES string of the molecule is CCC(C/C(C)=C/CC(CC)(CC)c1c(C)c(O)c(OC)c(OC)c1O)OC. The third-order valence-corrected chi connectivity index (χ3v) is 6.08. The third kappa shape index (κ3) is 4.75. The average molecular weight is 395 g/mol. The van der Waals surface area contributed by atoms with Crippen LogP contribution in [0.4, 0.5) is 0 Å². The second-order valence-electron chi connectivity index (χ2n) is 7.48. The van der Waals surface area contributed by atoms with Crippen molar-refractivity contribution in [3.63, 3.8) is 0 Å². The van der Waals surface area contributed by atoms with Crippen molar-refractivity contribution in [3.05, 3.63) is 22.8 Å². The standard InChI is InChI=1S/C23H38O5/c1-9-17(26-6)14-15(4)12-13-23(10-2,11-3)18-16(5)19(24)21(27-7)22(28-8)20(18)25/h12,17,24-25H,9-11,13-14H2,1-8H3/b15-12+. The number of methoxy groups -OCH3 is 3. The largest absolute Gasteiger partial charge is 0.504 e. The predicted octanol–water partition coefficient (Wildman–Crippen LogP) is 5.63. The second kappa shape index (κ2) is 10.6. The van der Waals surface area contributed by atoms with E-state index in [1.54, 1.807) is 7.11 Å². The summed E-state index contributed by atoms with van der Waals surface area (Å²) >= 11 is 0. The van der Waals surface area contributed by atoms with Crippen molar-refractivity contribution in [1.82, 2.24) is 0 Å². The van der Waals surface area contributed by atoms with Crippen molar-refractivity contribution in [3.8, 4) is 23.0 Å². The highest BCUT2D eigenvalue weighted by Crippen LogP contribution is 2.54. The van der Waals surface area contributed by atoms with Crippen LogP contribution in [0.15, 0.2) is 11.6 Å². The number of allylic oxidation sites excluding steroid dienone is 1. The van der Waals surface area contributed by atoms with E-state index in [0.29, 0.717) is 5.56 Å². The maximum atomic E-state index is 11.0. The molecule has 1 aromatic carbocycles. The van der Waals surface area contributed by atoms with Crippen LogP contribution in [0.5, 0.6) is 23.0 Å². The fourth-order valence-electron chi connectivity index (χ4n) is 4.02. The minimum atomic E-state index is -0.318. The molecule has 0 heterocycles. The Balaban J connectivity index is 3.47. The number of aromatic hydroxyl groups is 2. The van der Waals surface area contributed by atoms with Crippen LogP contribution >= 0.6 is 0 Å². The first-order chi connectivity index (χ1) is 13.3. The Morgan fingerprint density at radius 3 is 1.96 bits per heavy atom. The molecule has 1 rings (SSSR count). The molecular formula is C23H38O5. The Morgan fingerprint density at radius 1 is 1.00 bits per heavy atom. The van der Waals surface area contributed by atoms with E-state index in [1.807, 2.05) is 6.92 Å².